The molecule has 1 aromatic heterocycles. The number of hydrogen-bond donors (Lipinski definition) is 2. The van der Waals surface area contributed by atoms with Crippen LogP contribution in [0.4, 0.5) is 15.5 Å². The number of nitrogens with one attached hydrogen (secondary N) is 2. The van der Waals surface area contributed by atoms with Crippen molar-refractivity contribution in [1.29, 1.82) is 0 Å². The van der Waals surface area contributed by atoms with Gasteiger partial charge in [0.15, 0.2) is 0 Å². The van der Waals surface area contributed by atoms with E-state index in [0.717, 1.165) is 10.4 Å². The first kappa shape index (κ1) is 18.3. The molecule has 2 amide bonds. The smallest absolute Gasteiger partial charge is 0.341 e. The van der Waals surface area contributed by atoms with Gasteiger partial charge >= 0.3 is 12.0 Å². The molecule has 1 aromatic carbocycles. The summed E-state index contributed by atoms with van der Waals surface area (Å²) in [6, 6.07) is 6.35. The minimum atomic E-state index is -0.424. The summed E-state index contributed by atoms with van der Waals surface area (Å²) in [6.07, 6.45) is 0.691. The normalized spacial score (nSPS) is 10.3. The number of ether oxygens (including phenoxy) is 1. The van der Waals surface area contributed by atoms with Crippen LogP contribution >= 0.6 is 22.9 Å². The molecule has 7 heteroatoms. The predicted molar refractivity (Wildman–Crippen MR) is 98.5 cm³/mol. The average Bonchev–Trinajstić information content (AvgIpc) is 2.85. The van der Waals surface area contributed by atoms with Gasteiger partial charge < -0.3 is 10.1 Å². The monoisotopic (exact) mass is 366 g/mol. The first-order valence-electron chi connectivity index (χ1n) is 7.59. The van der Waals surface area contributed by atoms with E-state index in [1.54, 1.807) is 31.2 Å². The van der Waals surface area contributed by atoms with E-state index in [1.807, 2.05) is 13.8 Å². The van der Waals surface area contributed by atoms with E-state index in [2.05, 4.69) is 10.6 Å². The van der Waals surface area contributed by atoms with Gasteiger partial charge in [0.1, 0.15) is 5.00 Å². The second-order valence-corrected chi connectivity index (χ2v) is 6.66. The molecule has 0 aliphatic carbocycles. The van der Waals surface area contributed by atoms with Crippen molar-refractivity contribution < 1.29 is 14.3 Å². The lowest BCUT2D eigenvalue weighted by molar-refractivity contribution is 0.0527. The molecule has 2 aromatic rings. The fraction of sp³-hybridized carbons (Fsp3) is 0.294. The van der Waals surface area contributed by atoms with E-state index in [1.165, 1.54) is 11.3 Å². The molecule has 0 aliphatic rings. The number of thiophene rings is 1. The second-order valence-electron chi connectivity index (χ2n) is 5.00. The first-order valence-corrected chi connectivity index (χ1v) is 8.78. The van der Waals surface area contributed by atoms with Crippen molar-refractivity contribution in [1.82, 2.24) is 0 Å². The van der Waals surface area contributed by atoms with Gasteiger partial charge in [-0.05, 0) is 50.1 Å². The Kier molecular flexibility index (Phi) is 6.23. The van der Waals surface area contributed by atoms with E-state index in [-0.39, 0.29) is 6.61 Å². The Balaban J connectivity index is 2.20. The summed E-state index contributed by atoms with van der Waals surface area (Å²) in [4.78, 5) is 25.4. The Hall–Kier alpha value is -2.05. The number of carbonyl (C=O) groups is 2. The number of benzene rings is 1. The highest BCUT2D eigenvalue weighted by Crippen LogP contribution is 2.34. The van der Waals surface area contributed by atoms with Gasteiger partial charge in [-0.2, -0.15) is 0 Å². The average molecular weight is 367 g/mol. The van der Waals surface area contributed by atoms with Crippen molar-refractivity contribution >= 4 is 45.6 Å². The highest BCUT2D eigenvalue weighted by Gasteiger charge is 2.23. The van der Waals surface area contributed by atoms with Gasteiger partial charge in [0.25, 0.3) is 0 Å². The van der Waals surface area contributed by atoms with Crippen LogP contribution in [0.3, 0.4) is 0 Å². The fourth-order valence-corrected chi connectivity index (χ4v) is 3.56. The van der Waals surface area contributed by atoms with Crippen molar-refractivity contribution in [2.75, 3.05) is 17.2 Å². The van der Waals surface area contributed by atoms with Crippen LogP contribution in [0.25, 0.3) is 0 Å². The number of hydrogen-bond acceptors (Lipinski definition) is 4. The predicted octanol–water partition coefficient (Wildman–Crippen LogP) is 5.09. The Morgan fingerprint density at radius 3 is 2.42 bits per heavy atom. The summed E-state index contributed by atoms with van der Waals surface area (Å²) < 4.78 is 5.12. The maximum absolute atomic E-state index is 12.2. The van der Waals surface area contributed by atoms with E-state index >= 15 is 0 Å². The maximum atomic E-state index is 12.2. The standard InChI is InChI=1S/C17H19ClN2O3S/c1-4-13-10(3)24-15(14(13)16(21)23-5-2)20-17(22)19-12-8-6-11(18)7-9-12/h6-9H,4-5H2,1-3H3,(H2,19,20,22). The molecule has 0 radical (unpaired) electrons. The van der Waals surface area contributed by atoms with Crippen molar-refractivity contribution in [3.63, 3.8) is 0 Å². The molecule has 0 saturated heterocycles. The summed E-state index contributed by atoms with van der Waals surface area (Å²) in [5, 5.41) is 6.54. The van der Waals surface area contributed by atoms with Crippen molar-refractivity contribution in [3.05, 3.63) is 45.3 Å². The molecule has 0 unspecified atom stereocenters. The third kappa shape index (κ3) is 4.27. The third-order valence-electron chi connectivity index (χ3n) is 3.37. The SMILES string of the molecule is CCOC(=O)c1c(NC(=O)Nc2ccc(Cl)cc2)sc(C)c1CC. The number of halogens is 1. The molecule has 0 saturated carbocycles. The van der Waals surface area contributed by atoms with Crippen LogP contribution in [0.5, 0.6) is 0 Å². The molecule has 5 nitrogen and oxygen atoms in total. The first-order chi connectivity index (χ1) is 11.5. The molecular weight excluding hydrogens is 348 g/mol. The summed E-state index contributed by atoms with van der Waals surface area (Å²) in [7, 11) is 0. The largest absolute Gasteiger partial charge is 0.462 e. The van der Waals surface area contributed by atoms with Crippen LogP contribution in [0.15, 0.2) is 24.3 Å². The highest BCUT2D eigenvalue weighted by molar-refractivity contribution is 7.16. The Morgan fingerprint density at radius 2 is 1.83 bits per heavy atom. The van der Waals surface area contributed by atoms with Crippen molar-refractivity contribution in [2.45, 2.75) is 27.2 Å². The zero-order valence-corrected chi connectivity index (χ0v) is 15.3. The number of urea groups is 1. The topological polar surface area (TPSA) is 67.4 Å². The quantitative estimate of drug-likeness (QED) is 0.724. The van der Waals surface area contributed by atoms with Crippen LogP contribution in [-0.2, 0) is 11.2 Å². The lowest BCUT2D eigenvalue weighted by Crippen LogP contribution is -2.20. The molecule has 24 heavy (non-hydrogen) atoms. The van der Waals surface area contributed by atoms with E-state index in [0.29, 0.717) is 27.7 Å². The summed E-state index contributed by atoms with van der Waals surface area (Å²) in [5.41, 5.74) is 1.95. The number of aryl methyl sites for hydroxylation is 1. The number of rotatable bonds is 5. The Bertz CT molecular complexity index is 741. The summed E-state index contributed by atoms with van der Waals surface area (Å²) >= 11 is 7.19. The minimum absolute atomic E-state index is 0.285. The molecule has 128 valence electrons. The molecule has 0 bridgehead atoms. The summed E-state index contributed by atoms with van der Waals surface area (Å²) in [6.45, 7) is 5.93. The van der Waals surface area contributed by atoms with E-state index in [4.69, 9.17) is 16.3 Å². The molecule has 2 rings (SSSR count). The molecule has 2 N–H and O–H groups in total. The molecule has 1 heterocycles. The molecule has 0 aliphatic heterocycles. The number of amides is 2. The van der Waals surface area contributed by atoms with Gasteiger partial charge in [-0.25, -0.2) is 9.59 Å². The molecule has 0 spiro atoms. The fourth-order valence-electron chi connectivity index (χ4n) is 2.31. The lowest BCUT2D eigenvalue weighted by atomic mass is 10.1. The number of carbonyl (C=O) groups excluding carboxylic acids is 2. The van der Waals surface area contributed by atoms with Crippen LogP contribution in [0, 0.1) is 6.92 Å². The van der Waals surface area contributed by atoms with Crippen LogP contribution in [-0.4, -0.2) is 18.6 Å². The van der Waals surface area contributed by atoms with Gasteiger partial charge in [-0.15, -0.1) is 11.3 Å². The molecule has 0 atom stereocenters. The van der Waals surface area contributed by atoms with Gasteiger partial charge in [0.05, 0.1) is 12.2 Å². The molecule has 0 fully saturated rings. The van der Waals surface area contributed by atoms with Crippen LogP contribution in [0.1, 0.15) is 34.6 Å². The Morgan fingerprint density at radius 1 is 1.17 bits per heavy atom. The Labute approximate surface area is 150 Å². The van der Waals surface area contributed by atoms with E-state index < -0.39 is 12.0 Å². The molecular formula is C17H19ClN2O3S. The van der Waals surface area contributed by atoms with Crippen molar-refractivity contribution in [3.8, 4) is 0 Å². The number of esters is 1. The zero-order chi connectivity index (χ0) is 17.7. The summed E-state index contributed by atoms with van der Waals surface area (Å²) in [5.74, 6) is -0.416. The van der Waals surface area contributed by atoms with Crippen LogP contribution in [0.2, 0.25) is 5.02 Å². The second kappa shape index (κ2) is 8.17. The minimum Gasteiger partial charge on any atom is -0.462 e. The van der Waals surface area contributed by atoms with Gasteiger partial charge in [0, 0.05) is 15.6 Å². The maximum Gasteiger partial charge on any atom is 0.341 e. The van der Waals surface area contributed by atoms with E-state index in [9.17, 15) is 9.59 Å². The highest BCUT2D eigenvalue weighted by atomic mass is 35.5. The van der Waals surface area contributed by atoms with Gasteiger partial charge in [-0.1, -0.05) is 18.5 Å². The zero-order valence-electron chi connectivity index (χ0n) is 13.7. The van der Waals surface area contributed by atoms with Crippen LogP contribution < -0.4 is 10.6 Å². The lowest BCUT2D eigenvalue weighted by Gasteiger charge is -2.09. The van der Waals surface area contributed by atoms with Gasteiger partial charge in [0.2, 0.25) is 0 Å². The van der Waals surface area contributed by atoms with Gasteiger partial charge in [-0.3, -0.25) is 5.32 Å². The number of anilines is 2. The third-order valence-corrected chi connectivity index (χ3v) is 4.69. The van der Waals surface area contributed by atoms with Crippen molar-refractivity contribution in [2.24, 2.45) is 0 Å².